The Kier molecular flexibility index (Phi) is 5.47. The number of hydrogen-bond donors (Lipinski definition) is 0. The lowest BCUT2D eigenvalue weighted by molar-refractivity contribution is -0.385. The molecule has 6 nitrogen and oxygen atoms in total. The fourth-order valence-corrected chi connectivity index (χ4v) is 2.60. The molecule has 0 heterocycles. The number of carbonyl (C=O) groups excluding carboxylic acids is 1. The number of benzene rings is 3. The van der Waals surface area contributed by atoms with Crippen LogP contribution in [0.5, 0.6) is 11.5 Å². The fraction of sp³-hybridized carbons (Fsp3) is 0.0952. The molecule has 3 aromatic carbocycles. The molecule has 0 radical (unpaired) electrons. The first-order chi connectivity index (χ1) is 13.1. The molecule has 0 fully saturated rings. The molecular weight excluding hydrogens is 346 g/mol. The summed E-state index contributed by atoms with van der Waals surface area (Å²) in [5.74, 6) is 0.247. The molecule has 0 N–H and O–H groups in total. The summed E-state index contributed by atoms with van der Waals surface area (Å²) in [6.45, 7) is -0.248. The molecule has 0 bridgehead atoms. The van der Waals surface area contributed by atoms with Crippen molar-refractivity contribution in [3.05, 3.63) is 88.5 Å². The number of carbonyl (C=O) groups is 1. The summed E-state index contributed by atoms with van der Waals surface area (Å²) < 4.78 is 10.6. The summed E-state index contributed by atoms with van der Waals surface area (Å²) in [7, 11) is 1.43. The van der Waals surface area contributed by atoms with E-state index in [4.69, 9.17) is 9.47 Å². The van der Waals surface area contributed by atoms with Crippen LogP contribution in [-0.4, -0.2) is 24.4 Å². The van der Waals surface area contributed by atoms with E-state index in [1.54, 1.807) is 12.1 Å². The molecule has 0 unspecified atom stereocenters. The highest BCUT2D eigenvalue weighted by atomic mass is 16.6. The van der Waals surface area contributed by atoms with Crippen LogP contribution in [0.25, 0.3) is 11.1 Å². The van der Waals surface area contributed by atoms with Gasteiger partial charge in [-0.05, 0) is 17.2 Å². The van der Waals surface area contributed by atoms with E-state index >= 15 is 0 Å². The number of nitro groups is 1. The minimum absolute atomic E-state index is 0.134. The van der Waals surface area contributed by atoms with Crippen LogP contribution in [0.4, 0.5) is 5.69 Å². The van der Waals surface area contributed by atoms with Crippen molar-refractivity contribution in [2.75, 3.05) is 13.7 Å². The number of methoxy groups -OCH3 is 1. The quantitative estimate of drug-likeness (QED) is 0.350. The summed E-state index contributed by atoms with van der Waals surface area (Å²) >= 11 is 0. The van der Waals surface area contributed by atoms with Gasteiger partial charge < -0.3 is 9.47 Å². The maximum absolute atomic E-state index is 12.4. The van der Waals surface area contributed by atoms with Crippen molar-refractivity contribution in [3.8, 4) is 22.6 Å². The number of nitrogens with zero attached hydrogens (tertiary/aromatic N) is 1. The molecule has 0 aliphatic carbocycles. The number of rotatable bonds is 7. The van der Waals surface area contributed by atoms with Crippen molar-refractivity contribution >= 4 is 11.5 Å². The fourth-order valence-electron chi connectivity index (χ4n) is 2.60. The molecule has 0 spiro atoms. The Labute approximate surface area is 156 Å². The molecule has 0 atom stereocenters. The smallest absolute Gasteiger partial charge is 0.273 e. The van der Waals surface area contributed by atoms with Gasteiger partial charge in [-0.1, -0.05) is 54.6 Å². The highest BCUT2D eigenvalue weighted by Gasteiger charge is 2.14. The summed E-state index contributed by atoms with van der Waals surface area (Å²) in [4.78, 5) is 22.8. The number of non-ortho nitro benzene ring substituents is 1. The molecule has 0 aliphatic heterocycles. The van der Waals surface area contributed by atoms with Crippen molar-refractivity contribution in [1.82, 2.24) is 0 Å². The molecular formula is C21H17NO5. The lowest BCUT2D eigenvalue weighted by atomic mass is 10.0. The number of ketones is 1. The predicted octanol–water partition coefficient (Wildman–Crippen LogP) is 4.53. The Bertz CT molecular complexity index is 952. The van der Waals surface area contributed by atoms with E-state index in [1.807, 2.05) is 42.5 Å². The molecule has 0 aliphatic rings. The van der Waals surface area contributed by atoms with E-state index in [0.29, 0.717) is 11.3 Å². The maximum atomic E-state index is 12.4. The third-order valence-corrected chi connectivity index (χ3v) is 4.03. The molecule has 0 saturated heterocycles. The highest BCUT2D eigenvalue weighted by molar-refractivity contribution is 5.97. The van der Waals surface area contributed by atoms with E-state index in [2.05, 4.69) is 0 Å². The molecule has 0 amide bonds. The van der Waals surface area contributed by atoms with Crippen LogP contribution in [0, 0.1) is 10.1 Å². The molecule has 0 aromatic heterocycles. The second kappa shape index (κ2) is 8.14. The minimum atomic E-state index is -0.531. The SMILES string of the molecule is COc1ccc([N+](=O)[O-])cc1OCC(=O)c1ccc(-c2ccccc2)cc1. The number of nitro benzene ring substituents is 1. The van der Waals surface area contributed by atoms with Gasteiger partial charge in [0.1, 0.15) is 0 Å². The molecule has 3 aromatic rings. The van der Waals surface area contributed by atoms with Gasteiger partial charge in [0, 0.05) is 11.6 Å². The Morgan fingerprint density at radius 1 is 0.926 bits per heavy atom. The summed E-state index contributed by atoms with van der Waals surface area (Å²) in [6.07, 6.45) is 0. The molecule has 27 heavy (non-hydrogen) atoms. The molecule has 0 saturated carbocycles. The van der Waals surface area contributed by atoms with Crippen molar-refractivity contribution in [2.45, 2.75) is 0 Å². The standard InChI is InChI=1S/C21H17NO5/c1-26-20-12-11-18(22(24)25)13-21(20)27-14-19(23)17-9-7-16(8-10-17)15-5-3-2-4-6-15/h2-13H,14H2,1H3. The second-order valence-electron chi connectivity index (χ2n) is 5.75. The van der Waals surface area contributed by atoms with Gasteiger partial charge in [-0.2, -0.15) is 0 Å². The largest absolute Gasteiger partial charge is 0.493 e. The Morgan fingerprint density at radius 2 is 1.59 bits per heavy atom. The minimum Gasteiger partial charge on any atom is -0.493 e. The van der Waals surface area contributed by atoms with E-state index in [1.165, 1.54) is 25.3 Å². The number of ether oxygens (including phenoxy) is 2. The van der Waals surface area contributed by atoms with Gasteiger partial charge in [0.25, 0.3) is 5.69 Å². The third-order valence-electron chi connectivity index (χ3n) is 4.03. The normalized spacial score (nSPS) is 10.3. The molecule has 6 heteroatoms. The zero-order chi connectivity index (χ0) is 19.2. The number of hydrogen-bond acceptors (Lipinski definition) is 5. The van der Waals surface area contributed by atoms with Gasteiger partial charge in [-0.3, -0.25) is 14.9 Å². The lowest BCUT2D eigenvalue weighted by Gasteiger charge is -2.10. The average molecular weight is 363 g/mol. The average Bonchev–Trinajstić information content (AvgIpc) is 2.72. The lowest BCUT2D eigenvalue weighted by Crippen LogP contribution is -2.12. The van der Waals surface area contributed by atoms with Gasteiger partial charge in [0.15, 0.2) is 23.9 Å². The van der Waals surface area contributed by atoms with Crippen LogP contribution in [0.1, 0.15) is 10.4 Å². The first-order valence-electron chi connectivity index (χ1n) is 8.22. The van der Waals surface area contributed by atoms with Crippen LogP contribution in [0.3, 0.4) is 0 Å². The Balaban J connectivity index is 1.71. The van der Waals surface area contributed by atoms with Gasteiger partial charge in [0.05, 0.1) is 18.1 Å². The molecule has 136 valence electrons. The van der Waals surface area contributed by atoms with E-state index < -0.39 is 4.92 Å². The van der Waals surface area contributed by atoms with Crippen molar-refractivity contribution < 1.29 is 19.2 Å². The predicted molar refractivity (Wildman–Crippen MR) is 101 cm³/mol. The van der Waals surface area contributed by atoms with E-state index in [9.17, 15) is 14.9 Å². The maximum Gasteiger partial charge on any atom is 0.273 e. The van der Waals surface area contributed by atoms with Crippen LogP contribution in [0.2, 0.25) is 0 Å². The zero-order valence-electron chi connectivity index (χ0n) is 14.6. The molecule has 3 rings (SSSR count). The monoisotopic (exact) mass is 363 g/mol. The van der Waals surface area contributed by atoms with Crippen molar-refractivity contribution in [2.24, 2.45) is 0 Å². The summed E-state index contributed by atoms with van der Waals surface area (Å²) in [6, 6.07) is 21.0. The van der Waals surface area contributed by atoms with Crippen molar-refractivity contribution in [1.29, 1.82) is 0 Å². The number of Topliss-reactive ketones (excluding diaryl/α,β-unsaturated/α-hetero) is 1. The third kappa shape index (κ3) is 4.30. The van der Waals surface area contributed by atoms with Gasteiger partial charge in [-0.25, -0.2) is 0 Å². The first kappa shape index (κ1) is 18.1. The van der Waals surface area contributed by atoms with Crippen LogP contribution < -0.4 is 9.47 Å². The van der Waals surface area contributed by atoms with Gasteiger partial charge in [0.2, 0.25) is 0 Å². The topological polar surface area (TPSA) is 78.7 Å². The van der Waals surface area contributed by atoms with E-state index in [-0.39, 0.29) is 23.8 Å². The van der Waals surface area contributed by atoms with Crippen LogP contribution >= 0.6 is 0 Å². The van der Waals surface area contributed by atoms with Crippen molar-refractivity contribution in [3.63, 3.8) is 0 Å². The summed E-state index contributed by atoms with van der Waals surface area (Å²) in [5.41, 5.74) is 2.44. The van der Waals surface area contributed by atoms with Crippen LogP contribution in [-0.2, 0) is 0 Å². The van der Waals surface area contributed by atoms with E-state index in [0.717, 1.165) is 11.1 Å². The highest BCUT2D eigenvalue weighted by Crippen LogP contribution is 2.31. The summed E-state index contributed by atoms with van der Waals surface area (Å²) in [5, 5.41) is 10.9. The van der Waals surface area contributed by atoms with Gasteiger partial charge in [-0.15, -0.1) is 0 Å². The zero-order valence-corrected chi connectivity index (χ0v) is 14.6. The Hall–Kier alpha value is -3.67. The Morgan fingerprint density at radius 3 is 2.22 bits per heavy atom. The van der Waals surface area contributed by atoms with Gasteiger partial charge >= 0.3 is 0 Å². The second-order valence-corrected chi connectivity index (χ2v) is 5.75. The first-order valence-corrected chi connectivity index (χ1v) is 8.22. The van der Waals surface area contributed by atoms with Crippen LogP contribution in [0.15, 0.2) is 72.8 Å².